The molecule has 33 heavy (non-hydrogen) atoms. The summed E-state index contributed by atoms with van der Waals surface area (Å²) >= 11 is 0. The Hall–Kier alpha value is -2.54. The molecule has 1 unspecified atom stereocenters. The molecule has 2 atom stereocenters. The van der Waals surface area contributed by atoms with Gasteiger partial charge < -0.3 is 19.8 Å². The second kappa shape index (κ2) is 9.37. The Balaban J connectivity index is 0.00000130. The summed E-state index contributed by atoms with van der Waals surface area (Å²) in [7, 11) is 0. The third-order valence-electron chi connectivity index (χ3n) is 6.42. The molecule has 2 aromatic heterocycles. The average molecular weight is 490 g/mol. The fraction of sp³-hybridized carbons (Fsp3) is 0.320. The minimum Gasteiger partial charge on any atom is -0.486 e. The van der Waals surface area contributed by atoms with E-state index in [1.165, 1.54) is 17.3 Å². The van der Waals surface area contributed by atoms with Crippen molar-refractivity contribution in [3.05, 3.63) is 65.2 Å². The normalized spacial score (nSPS) is 19.0. The van der Waals surface area contributed by atoms with E-state index in [1.54, 1.807) is 6.07 Å². The van der Waals surface area contributed by atoms with E-state index in [2.05, 4.69) is 21.4 Å². The van der Waals surface area contributed by atoms with E-state index in [0.29, 0.717) is 19.2 Å². The van der Waals surface area contributed by atoms with E-state index < -0.39 is 0 Å². The number of pyridine rings is 1. The van der Waals surface area contributed by atoms with Crippen molar-refractivity contribution in [2.45, 2.75) is 38.3 Å². The standard InChI is InChI=1S/C25H24FN3O2.2ClH/c1-14-2-5-19-21(28-14)8-9-24-25(19)31-17(13-30-24)12-27-16-4-6-18-20-10-15(26)3-7-22(20)29-23(18)11-16;;/h2-3,5,7-10,16-17,27,29H,4,6,11-13H2,1H3;2*1H/t16?,17-;;/m0../s1. The summed E-state index contributed by atoms with van der Waals surface area (Å²) in [5.41, 5.74) is 5.39. The van der Waals surface area contributed by atoms with Gasteiger partial charge in [0, 0.05) is 46.7 Å². The Kier molecular flexibility index (Phi) is 6.71. The topological polar surface area (TPSA) is 59.2 Å². The van der Waals surface area contributed by atoms with Crippen LogP contribution in [0.3, 0.4) is 0 Å². The highest BCUT2D eigenvalue weighted by atomic mass is 35.5. The van der Waals surface area contributed by atoms with Gasteiger partial charge in [-0.05, 0) is 67.8 Å². The number of benzene rings is 2. The number of fused-ring (bicyclic) bond motifs is 6. The maximum absolute atomic E-state index is 13.7. The van der Waals surface area contributed by atoms with E-state index in [-0.39, 0.29) is 36.7 Å². The molecule has 0 fully saturated rings. The smallest absolute Gasteiger partial charge is 0.171 e. The van der Waals surface area contributed by atoms with Gasteiger partial charge in [-0.15, -0.1) is 24.8 Å². The van der Waals surface area contributed by atoms with Crippen LogP contribution >= 0.6 is 24.8 Å². The molecule has 2 aromatic carbocycles. The van der Waals surface area contributed by atoms with Gasteiger partial charge in [-0.2, -0.15) is 0 Å². The number of halogens is 3. The third-order valence-corrected chi connectivity index (χ3v) is 6.42. The second-order valence-corrected chi connectivity index (χ2v) is 8.58. The first-order chi connectivity index (χ1) is 15.1. The monoisotopic (exact) mass is 489 g/mol. The number of aryl methyl sites for hydroxylation is 2. The van der Waals surface area contributed by atoms with Crippen LogP contribution in [-0.4, -0.2) is 35.3 Å². The molecule has 4 aromatic rings. The first-order valence-corrected chi connectivity index (χ1v) is 10.9. The van der Waals surface area contributed by atoms with E-state index in [1.807, 2.05) is 31.2 Å². The van der Waals surface area contributed by atoms with Crippen molar-refractivity contribution in [3.8, 4) is 11.5 Å². The lowest BCUT2D eigenvalue weighted by atomic mass is 9.91. The molecule has 1 aliphatic heterocycles. The van der Waals surface area contributed by atoms with Crippen LogP contribution in [0.4, 0.5) is 4.39 Å². The molecule has 0 radical (unpaired) electrons. The van der Waals surface area contributed by atoms with E-state index in [9.17, 15) is 4.39 Å². The Bertz CT molecular complexity index is 1310. The zero-order valence-electron chi connectivity index (χ0n) is 18.2. The van der Waals surface area contributed by atoms with Crippen LogP contribution < -0.4 is 14.8 Å². The molecule has 0 amide bonds. The molecule has 6 rings (SSSR count). The molecular formula is C25H26Cl2FN3O2. The van der Waals surface area contributed by atoms with Crippen molar-refractivity contribution < 1.29 is 13.9 Å². The highest BCUT2D eigenvalue weighted by molar-refractivity contribution is 5.88. The molecule has 2 aliphatic rings. The van der Waals surface area contributed by atoms with Crippen molar-refractivity contribution in [1.29, 1.82) is 0 Å². The Labute approximate surface area is 203 Å². The van der Waals surface area contributed by atoms with Crippen LogP contribution in [0.5, 0.6) is 11.5 Å². The van der Waals surface area contributed by atoms with Gasteiger partial charge in [0.1, 0.15) is 18.5 Å². The van der Waals surface area contributed by atoms with Crippen LogP contribution in [0, 0.1) is 12.7 Å². The van der Waals surface area contributed by atoms with Crippen molar-refractivity contribution in [3.63, 3.8) is 0 Å². The summed E-state index contributed by atoms with van der Waals surface area (Å²) in [6.07, 6.45) is 2.81. The Morgan fingerprint density at radius 3 is 2.88 bits per heavy atom. The molecule has 0 saturated heterocycles. The average Bonchev–Trinajstić information content (AvgIpc) is 3.14. The fourth-order valence-corrected chi connectivity index (χ4v) is 4.85. The van der Waals surface area contributed by atoms with Gasteiger partial charge in [-0.1, -0.05) is 0 Å². The molecule has 1 aliphatic carbocycles. The van der Waals surface area contributed by atoms with Gasteiger partial charge in [0.25, 0.3) is 0 Å². The molecule has 0 spiro atoms. The SMILES string of the molecule is Cc1ccc2c3c(ccc2n1)OC[C@H](CNC1CCc2c([nH]c4ccc(F)cc24)C1)O3.Cl.Cl. The highest BCUT2D eigenvalue weighted by Crippen LogP contribution is 2.38. The maximum atomic E-state index is 13.7. The highest BCUT2D eigenvalue weighted by Gasteiger charge is 2.26. The minimum atomic E-state index is -0.179. The van der Waals surface area contributed by atoms with E-state index >= 15 is 0 Å². The lowest BCUT2D eigenvalue weighted by Crippen LogP contribution is -2.44. The van der Waals surface area contributed by atoms with Gasteiger partial charge in [0.15, 0.2) is 11.5 Å². The number of hydrogen-bond acceptors (Lipinski definition) is 4. The summed E-state index contributed by atoms with van der Waals surface area (Å²) in [5.74, 6) is 1.39. The van der Waals surface area contributed by atoms with E-state index in [0.717, 1.165) is 58.3 Å². The first-order valence-electron chi connectivity index (χ1n) is 10.9. The molecule has 8 heteroatoms. The first kappa shape index (κ1) is 23.6. The van der Waals surface area contributed by atoms with Gasteiger partial charge in [0.2, 0.25) is 0 Å². The summed E-state index contributed by atoms with van der Waals surface area (Å²) < 4.78 is 26.0. The predicted octanol–water partition coefficient (Wildman–Crippen LogP) is 5.29. The number of aromatic amines is 1. The summed E-state index contributed by atoms with van der Waals surface area (Å²) in [5, 5.41) is 5.67. The fourth-order valence-electron chi connectivity index (χ4n) is 4.85. The predicted molar refractivity (Wildman–Crippen MR) is 133 cm³/mol. The second-order valence-electron chi connectivity index (χ2n) is 8.58. The number of H-pyrrole nitrogens is 1. The lowest BCUT2D eigenvalue weighted by molar-refractivity contribution is 0.0896. The van der Waals surface area contributed by atoms with Crippen molar-refractivity contribution >= 4 is 46.6 Å². The zero-order chi connectivity index (χ0) is 20.9. The Morgan fingerprint density at radius 2 is 2.00 bits per heavy atom. The van der Waals surface area contributed by atoms with Crippen molar-refractivity contribution in [2.75, 3.05) is 13.2 Å². The number of aromatic nitrogens is 2. The van der Waals surface area contributed by atoms with Gasteiger partial charge in [-0.3, -0.25) is 4.98 Å². The Morgan fingerprint density at radius 1 is 1.12 bits per heavy atom. The largest absolute Gasteiger partial charge is 0.486 e. The van der Waals surface area contributed by atoms with Crippen LogP contribution in [0.2, 0.25) is 0 Å². The zero-order valence-corrected chi connectivity index (χ0v) is 19.8. The molecule has 3 heterocycles. The van der Waals surface area contributed by atoms with Gasteiger partial charge in [0.05, 0.1) is 5.52 Å². The number of nitrogens with one attached hydrogen (secondary N) is 2. The minimum absolute atomic E-state index is 0. The molecule has 5 nitrogen and oxygen atoms in total. The van der Waals surface area contributed by atoms with E-state index in [4.69, 9.17) is 9.47 Å². The summed E-state index contributed by atoms with van der Waals surface area (Å²) in [4.78, 5) is 8.07. The van der Waals surface area contributed by atoms with Crippen molar-refractivity contribution in [1.82, 2.24) is 15.3 Å². The number of nitrogens with zero attached hydrogens (tertiary/aromatic N) is 1. The van der Waals surface area contributed by atoms with Crippen LogP contribution in [0.25, 0.3) is 21.8 Å². The van der Waals surface area contributed by atoms with Gasteiger partial charge >= 0.3 is 0 Å². The quantitative estimate of drug-likeness (QED) is 0.410. The van der Waals surface area contributed by atoms with Crippen molar-refractivity contribution in [2.24, 2.45) is 0 Å². The number of ether oxygens (including phenoxy) is 2. The van der Waals surface area contributed by atoms with Crippen LogP contribution in [0.15, 0.2) is 42.5 Å². The molecule has 2 N–H and O–H groups in total. The van der Waals surface area contributed by atoms with Gasteiger partial charge in [-0.25, -0.2) is 4.39 Å². The molecular weight excluding hydrogens is 464 g/mol. The molecule has 174 valence electrons. The summed E-state index contributed by atoms with van der Waals surface area (Å²) in [6.45, 7) is 3.22. The van der Waals surface area contributed by atoms with Crippen LogP contribution in [0.1, 0.15) is 23.4 Å². The summed E-state index contributed by atoms with van der Waals surface area (Å²) in [6, 6.07) is 13.3. The molecule has 0 saturated carbocycles. The number of rotatable bonds is 3. The van der Waals surface area contributed by atoms with Crippen LogP contribution in [-0.2, 0) is 12.8 Å². The maximum Gasteiger partial charge on any atom is 0.171 e. The third kappa shape index (κ3) is 4.35. The molecule has 0 bridgehead atoms. The number of hydrogen-bond donors (Lipinski definition) is 2. The lowest BCUT2D eigenvalue weighted by Gasteiger charge is -2.30.